The van der Waals surface area contributed by atoms with E-state index >= 15 is 0 Å². The molecule has 0 heterocycles. The van der Waals surface area contributed by atoms with E-state index in [1.54, 1.807) is 0 Å². The van der Waals surface area contributed by atoms with Gasteiger partial charge in [-0.15, -0.1) is 0 Å². The molecule has 0 fully saturated rings. The lowest BCUT2D eigenvalue weighted by atomic mass is 10.1. The van der Waals surface area contributed by atoms with Crippen LogP contribution in [0.15, 0.2) is 12.2 Å². The zero-order chi connectivity index (χ0) is 24.2. The van der Waals surface area contributed by atoms with Crippen molar-refractivity contribution in [1.29, 1.82) is 0 Å². The number of phosphoric acid groups is 1. The summed E-state index contributed by atoms with van der Waals surface area (Å²) in [6.45, 7) is 1.17. The Morgan fingerprint density at radius 1 is 0.969 bits per heavy atom. The summed E-state index contributed by atoms with van der Waals surface area (Å²) in [6, 6.07) is 0. The second-order valence-corrected chi connectivity index (χ2v) is 8.83. The number of unbranched alkanes of at least 4 members (excludes halogenated alkanes) is 6. The lowest BCUT2D eigenvalue weighted by Crippen LogP contribution is -2.29. The molecular formula is C21H39O10P. The van der Waals surface area contributed by atoms with E-state index in [2.05, 4.69) is 23.6 Å². The summed E-state index contributed by atoms with van der Waals surface area (Å²) in [5.74, 6) is -1.14. The SMILES string of the molecule is CCC/C=C\CCCCCCCC(=O)OC(COC(C)=O)COP(=O)(O)OCC(O)CO. The molecule has 0 spiro atoms. The Hall–Kier alpha value is -1.29. The van der Waals surface area contributed by atoms with Gasteiger partial charge < -0.3 is 24.6 Å². The molecule has 0 aromatic rings. The molecule has 11 heteroatoms. The van der Waals surface area contributed by atoms with Crippen LogP contribution in [-0.2, 0) is 32.7 Å². The molecule has 188 valence electrons. The average Bonchev–Trinajstić information content (AvgIpc) is 2.75. The van der Waals surface area contributed by atoms with E-state index < -0.39 is 51.8 Å². The molecule has 0 rings (SSSR count). The topological polar surface area (TPSA) is 149 Å². The molecule has 0 radical (unpaired) electrons. The maximum atomic E-state index is 12.1. The van der Waals surface area contributed by atoms with Crippen molar-refractivity contribution in [2.24, 2.45) is 0 Å². The molecule has 0 bridgehead atoms. The molecule has 0 aliphatic heterocycles. The van der Waals surface area contributed by atoms with Crippen molar-refractivity contribution in [1.82, 2.24) is 0 Å². The van der Waals surface area contributed by atoms with Crippen molar-refractivity contribution in [2.75, 3.05) is 26.4 Å². The Balaban J connectivity index is 4.23. The summed E-state index contributed by atoms with van der Waals surface area (Å²) in [5, 5.41) is 17.9. The van der Waals surface area contributed by atoms with Gasteiger partial charge in [0.25, 0.3) is 0 Å². The zero-order valence-corrected chi connectivity index (χ0v) is 20.0. The number of aliphatic hydroxyl groups excluding tert-OH is 2. The number of phosphoric ester groups is 1. The number of hydrogen-bond acceptors (Lipinski definition) is 9. The predicted octanol–water partition coefficient (Wildman–Crippen LogP) is 3.04. The van der Waals surface area contributed by atoms with Gasteiger partial charge in [0.1, 0.15) is 12.7 Å². The van der Waals surface area contributed by atoms with Gasteiger partial charge in [-0.3, -0.25) is 18.6 Å². The number of aliphatic hydroxyl groups is 2. The van der Waals surface area contributed by atoms with E-state index in [1.807, 2.05) is 0 Å². The van der Waals surface area contributed by atoms with Gasteiger partial charge in [0.15, 0.2) is 6.10 Å². The van der Waals surface area contributed by atoms with Crippen molar-refractivity contribution >= 4 is 19.8 Å². The van der Waals surface area contributed by atoms with Gasteiger partial charge in [0, 0.05) is 13.3 Å². The molecule has 0 aromatic heterocycles. The lowest BCUT2D eigenvalue weighted by molar-refractivity contribution is -0.160. The second kappa shape index (κ2) is 19.2. The van der Waals surface area contributed by atoms with E-state index in [1.165, 1.54) is 6.92 Å². The number of hydrogen-bond donors (Lipinski definition) is 3. The maximum Gasteiger partial charge on any atom is 0.472 e. The van der Waals surface area contributed by atoms with Gasteiger partial charge >= 0.3 is 19.8 Å². The normalized spacial score (nSPS) is 15.3. The number of ether oxygens (including phenoxy) is 2. The van der Waals surface area contributed by atoms with Crippen LogP contribution < -0.4 is 0 Å². The van der Waals surface area contributed by atoms with Gasteiger partial charge in [0.05, 0.1) is 19.8 Å². The van der Waals surface area contributed by atoms with Crippen LogP contribution in [0.4, 0.5) is 0 Å². The van der Waals surface area contributed by atoms with E-state index in [0.717, 1.165) is 44.9 Å². The van der Waals surface area contributed by atoms with Crippen LogP contribution in [0.5, 0.6) is 0 Å². The monoisotopic (exact) mass is 482 g/mol. The molecule has 0 amide bonds. The highest BCUT2D eigenvalue weighted by molar-refractivity contribution is 7.47. The molecule has 32 heavy (non-hydrogen) atoms. The average molecular weight is 483 g/mol. The van der Waals surface area contributed by atoms with Crippen molar-refractivity contribution in [3.8, 4) is 0 Å². The number of esters is 2. The summed E-state index contributed by atoms with van der Waals surface area (Å²) < 4.78 is 31.1. The van der Waals surface area contributed by atoms with Crippen molar-refractivity contribution in [2.45, 2.75) is 83.8 Å². The summed E-state index contributed by atoms with van der Waals surface area (Å²) >= 11 is 0. The maximum absolute atomic E-state index is 12.1. The van der Waals surface area contributed by atoms with Gasteiger partial charge in [-0.2, -0.15) is 0 Å². The molecule has 0 aliphatic rings. The van der Waals surface area contributed by atoms with Crippen LogP contribution in [0.25, 0.3) is 0 Å². The van der Waals surface area contributed by atoms with Crippen LogP contribution in [-0.4, -0.2) is 65.7 Å². The minimum atomic E-state index is -4.56. The first-order chi connectivity index (χ1) is 15.2. The Bertz CT molecular complexity index is 581. The van der Waals surface area contributed by atoms with E-state index in [4.69, 9.17) is 24.2 Å². The fraction of sp³-hybridized carbons (Fsp3) is 0.810. The number of carbonyl (C=O) groups is 2. The van der Waals surface area contributed by atoms with Crippen LogP contribution in [0.3, 0.4) is 0 Å². The van der Waals surface area contributed by atoms with Crippen molar-refractivity contribution in [3.05, 3.63) is 12.2 Å². The van der Waals surface area contributed by atoms with Gasteiger partial charge in [0.2, 0.25) is 0 Å². The molecule has 3 N–H and O–H groups in total. The minimum Gasteiger partial charge on any atom is -0.462 e. The van der Waals surface area contributed by atoms with Crippen LogP contribution in [0.1, 0.15) is 71.6 Å². The largest absolute Gasteiger partial charge is 0.472 e. The Labute approximate surface area is 190 Å². The summed E-state index contributed by atoms with van der Waals surface area (Å²) in [6.07, 6.45) is 10.2. The van der Waals surface area contributed by atoms with Gasteiger partial charge in [-0.25, -0.2) is 4.57 Å². The first kappa shape index (κ1) is 30.7. The molecule has 0 saturated carbocycles. The molecular weight excluding hydrogens is 443 g/mol. The highest BCUT2D eigenvalue weighted by atomic mass is 31.2. The van der Waals surface area contributed by atoms with Crippen molar-refractivity contribution in [3.63, 3.8) is 0 Å². The molecule has 0 aliphatic carbocycles. The minimum absolute atomic E-state index is 0.170. The summed E-state index contributed by atoms with van der Waals surface area (Å²) in [7, 11) is -4.56. The molecule has 3 atom stereocenters. The first-order valence-corrected chi connectivity index (χ1v) is 12.6. The number of carbonyl (C=O) groups excluding carboxylic acids is 2. The molecule has 3 unspecified atom stereocenters. The molecule has 0 saturated heterocycles. The van der Waals surface area contributed by atoms with Crippen LogP contribution in [0, 0.1) is 0 Å². The third-order valence-corrected chi connectivity index (χ3v) is 5.16. The van der Waals surface area contributed by atoms with E-state index in [-0.39, 0.29) is 13.0 Å². The highest BCUT2D eigenvalue weighted by Crippen LogP contribution is 2.43. The Kier molecular flexibility index (Phi) is 18.4. The first-order valence-electron chi connectivity index (χ1n) is 11.1. The van der Waals surface area contributed by atoms with Crippen LogP contribution in [0.2, 0.25) is 0 Å². The smallest absolute Gasteiger partial charge is 0.462 e. The summed E-state index contributed by atoms with van der Waals surface area (Å²) in [5.41, 5.74) is 0. The Morgan fingerprint density at radius 2 is 1.59 bits per heavy atom. The fourth-order valence-corrected chi connectivity index (χ4v) is 3.27. The van der Waals surface area contributed by atoms with Gasteiger partial charge in [-0.05, 0) is 25.7 Å². The van der Waals surface area contributed by atoms with Crippen LogP contribution >= 0.6 is 7.82 Å². The third-order valence-electron chi connectivity index (χ3n) is 4.21. The fourth-order valence-electron chi connectivity index (χ4n) is 2.48. The van der Waals surface area contributed by atoms with E-state index in [0.29, 0.717) is 6.42 Å². The number of rotatable bonds is 20. The highest BCUT2D eigenvalue weighted by Gasteiger charge is 2.26. The molecule has 10 nitrogen and oxygen atoms in total. The quantitative estimate of drug-likeness (QED) is 0.102. The standard InChI is InChI=1S/C21H39O10P/c1-3-4-5-6-7-8-9-10-11-12-13-21(25)31-20(16-28-18(2)23)17-30-32(26,27)29-15-19(24)14-22/h5-6,19-20,22,24H,3-4,7-17H2,1-2H3,(H,26,27)/b6-5-. The predicted molar refractivity (Wildman–Crippen MR) is 118 cm³/mol. The lowest BCUT2D eigenvalue weighted by Gasteiger charge is -2.20. The van der Waals surface area contributed by atoms with E-state index in [9.17, 15) is 19.0 Å². The third kappa shape index (κ3) is 19.4. The second-order valence-electron chi connectivity index (χ2n) is 7.38. The summed E-state index contributed by atoms with van der Waals surface area (Å²) in [4.78, 5) is 32.7. The zero-order valence-electron chi connectivity index (χ0n) is 19.1. The number of allylic oxidation sites excluding steroid dienone is 2. The van der Waals surface area contributed by atoms with Crippen molar-refractivity contribution < 1.29 is 47.8 Å². The van der Waals surface area contributed by atoms with Gasteiger partial charge in [-0.1, -0.05) is 44.8 Å². The Morgan fingerprint density at radius 3 is 2.25 bits per heavy atom. The molecule has 0 aromatic carbocycles.